The van der Waals surface area contributed by atoms with Gasteiger partial charge >= 0.3 is 6.18 Å². The van der Waals surface area contributed by atoms with E-state index in [-0.39, 0.29) is 10.6 Å². The molecule has 1 saturated heterocycles. The van der Waals surface area contributed by atoms with Crippen molar-refractivity contribution in [3.05, 3.63) is 57.5 Å². The smallest absolute Gasteiger partial charge is 0.417 e. The van der Waals surface area contributed by atoms with Gasteiger partial charge in [-0.2, -0.15) is 13.2 Å². The van der Waals surface area contributed by atoms with Crippen molar-refractivity contribution in [2.24, 2.45) is 0 Å². The maximum Gasteiger partial charge on any atom is 0.417 e. The number of imide groups is 1. The van der Waals surface area contributed by atoms with Crippen LogP contribution in [-0.2, 0) is 11.0 Å². The van der Waals surface area contributed by atoms with Crippen LogP contribution in [0.15, 0.2) is 41.3 Å². The summed E-state index contributed by atoms with van der Waals surface area (Å²) in [7, 11) is 1.50. The molecule has 1 heterocycles. The zero-order chi connectivity index (χ0) is 26.3. The number of carbonyl (C=O) groups excluding carboxylic acids is 2. The number of ether oxygens (including phenoxy) is 2. The zero-order valence-corrected chi connectivity index (χ0v) is 21.6. The first kappa shape index (κ1) is 27.9. The van der Waals surface area contributed by atoms with Crippen molar-refractivity contribution >= 4 is 46.3 Å². The van der Waals surface area contributed by atoms with E-state index < -0.39 is 27.9 Å². The second kappa shape index (κ2) is 12.5. The SMILES string of the molecule is CCCCCCCCOc1ccc(/C=C2\SC(=O)N(c3ccc(Cl)c(C(F)(F)F)c3)C2=O)cc1OC. The summed E-state index contributed by atoms with van der Waals surface area (Å²) in [6.45, 7) is 2.73. The Balaban J connectivity index is 1.72. The summed E-state index contributed by atoms with van der Waals surface area (Å²) in [6, 6.07) is 8.03. The molecule has 10 heteroatoms. The molecule has 0 atom stereocenters. The van der Waals surface area contributed by atoms with E-state index >= 15 is 0 Å². The third-order valence-corrected chi connectivity index (χ3v) is 6.75. The molecule has 0 saturated carbocycles. The van der Waals surface area contributed by atoms with Crippen molar-refractivity contribution < 1.29 is 32.2 Å². The summed E-state index contributed by atoms with van der Waals surface area (Å²) < 4.78 is 50.9. The van der Waals surface area contributed by atoms with E-state index in [1.54, 1.807) is 18.2 Å². The van der Waals surface area contributed by atoms with Gasteiger partial charge in [0.1, 0.15) is 0 Å². The van der Waals surface area contributed by atoms with Crippen LogP contribution in [0.3, 0.4) is 0 Å². The van der Waals surface area contributed by atoms with Crippen molar-refractivity contribution in [3.8, 4) is 11.5 Å². The minimum Gasteiger partial charge on any atom is -0.493 e. The van der Waals surface area contributed by atoms with Crippen LogP contribution >= 0.6 is 23.4 Å². The molecule has 5 nitrogen and oxygen atoms in total. The number of hydrogen-bond acceptors (Lipinski definition) is 5. The third-order valence-electron chi connectivity index (χ3n) is 5.55. The summed E-state index contributed by atoms with van der Waals surface area (Å²) in [6.07, 6.45) is 3.64. The number of unbranched alkanes of at least 4 members (excludes halogenated alkanes) is 5. The van der Waals surface area contributed by atoms with Gasteiger partial charge in [0, 0.05) is 0 Å². The molecule has 3 rings (SSSR count). The standard InChI is InChI=1S/C26H27ClF3NO4S/c1-3-4-5-6-7-8-13-35-21-12-9-17(14-22(21)34-2)15-23-24(32)31(25(33)36-23)18-10-11-20(27)19(16-18)26(28,29)30/h9-12,14-16H,3-8,13H2,1-2H3/b23-15-. The van der Waals surface area contributed by atoms with Crippen LogP contribution in [0, 0.1) is 0 Å². The molecule has 0 unspecified atom stereocenters. The van der Waals surface area contributed by atoms with Gasteiger partial charge in [-0.3, -0.25) is 9.59 Å². The van der Waals surface area contributed by atoms with E-state index in [0.29, 0.717) is 46.4 Å². The lowest BCUT2D eigenvalue weighted by molar-refractivity contribution is -0.137. The van der Waals surface area contributed by atoms with Crippen molar-refractivity contribution in [2.75, 3.05) is 18.6 Å². The Hall–Kier alpha value is -2.65. The highest BCUT2D eigenvalue weighted by atomic mass is 35.5. The highest BCUT2D eigenvalue weighted by Crippen LogP contribution is 2.41. The van der Waals surface area contributed by atoms with Gasteiger partial charge in [0.2, 0.25) is 0 Å². The quantitative estimate of drug-likeness (QED) is 0.211. The largest absolute Gasteiger partial charge is 0.493 e. The number of anilines is 1. The molecule has 2 amide bonds. The first-order valence-electron chi connectivity index (χ1n) is 11.6. The predicted octanol–water partition coefficient (Wildman–Crippen LogP) is 8.35. The Kier molecular flexibility index (Phi) is 9.73. The summed E-state index contributed by atoms with van der Waals surface area (Å²) in [5.41, 5.74) is -0.740. The summed E-state index contributed by atoms with van der Waals surface area (Å²) in [5, 5.41) is -1.22. The summed E-state index contributed by atoms with van der Waals surface area (Å²) in [4.78, 5) is 26.2. The van der Waals surface area contributed by atoms with E-state index in [9.17, 15) is 22.8 Å². The normalized spacial score (nSPS) is 15.2. The van der Waals surface area contributed by atoms with Gasteiger partial charge in [-0.25, -0.2) is 4.90 Å². The second-order valence-corrected chi connectivity index (χ2v) is 9.61. The number of amides is 2. The highest BCUT2D eigenvalue weighted by Gasteiger charge is 2.39. The average molecular weight is 542 g/mol. The predicted molar refractivity (Wildman–Crippen MR) is 137 cm³/mol. The number of benzene rings is 2. The average Bonchev–Trinajstić information content (AvgIpc) is 3.11. The van der Waals surface area contributed by atoms with Crippen LogP contribution in [0.4, 0.5) is 23.7 Å². The van der Waals surface area contributed by atoms with E-state index in [2.05, 4.69) is 6.92 Å². The van der Waals surface area contributed by atoms with E-state index in [1.165, 1.54) is 44.9 Å². The number of halogens is 4. The number of carbonyl (C=O) groups is 2. The first-order valence-corrected chi connectivity index (χ1v) is 12.8. The van der Waals surface area contributed by atoms with Gasteiger partial charge < -0.3 is 9.47 Å². The van der Waals surface area contributed by atoms with Crippen molar-refractivity contribution in [2.45, 2.75) is 51.6 Å². The second-order valence-electron chi connectivity index (χ2n) is 8.21. The van der Waals surface area contributed by atoms with Gasteiger partial charge in [0.25, 0.3) is 11.1 Å². The van der Waals surface area contributed by atoms with Crippen LogP contribution in [-0.4, -0.2) is 24.9 Å². The highest BCUT2D eigenvalue weighted by molar-refractivity contribution is 8.19. The minimum atomic E-state index is -4.72. The fourth-order valence-electron chi connectivity index (χ4n) is 3.67. The van der Waals surface area contributed by atoms with Crippen LogP contribution in [0.25, 0.3) is 6.08 Å². The molecule has 1 aliphatic rings. The Labute approximate surface area is 217 Å². The number of thioether (sulfide) groups is 1. The molecule has 2 aromatic rings. The van der Waals surface area contributed by atoms with Crippen molar-refractivity contribution in [3.63, 3.8) is 0 Å². The molecule has 0 aliphatic carbocycles. The van der Waals surface area contributed by atoms with Crippen LogP contribution in [0.1, 0.15) is 56.6 Å². The minimum absolute atomic E-state index is 0.0753. The maximum absolute atomic E-state index is 13.2. The molecule has 0 aromatic heterocycles. The molecule has 1 aliphatic heterocycles. The number of methoxy groups -OCH3 is 1. The molecule has 0 radical (unpaired) electrons. The Morgan fingerprint density at radius 3 is 2.42 bits per heavy atom. The summed E-state index contributed by atoms with van der Waals surface area (Å²) in [5.74, 6) is 0.321. The van der Waals surface area contributed by atoms with E-state index in [1.807, 2.05) is 0 Å². The lowest BCUT2D eigenvalue weighted by Crippen LogP contribution is -2.28. The zero-order valence-electron chi connectivity index (χ0n) is 20.0. The van der Waals surface area contributed by atoms with Gasteiger partial charge in [0.05, 0.1) is 34.9 Å². The molecule has 2 aromatic carbocycles. The fraction of sp³-hybridized carbons (Fsp3) is 0.385. The lowest BCUT2D eigenvalue weighted by Gasteiger charge is -2.16. The lowest BCUT2D eigenvalue weighted by atomic mass is 10.1. The van der Waals surface area contributed by atoms with Crippen molar-refractivity contribution in [1.82, 2.24) is 0 Å². The number of nitrogens with zero attached hydrogens (tertiary/aromatic N) is 1. The van der Waals surface area contributed by atoms with Gasteiger partial charge in [-0.05, 0) is 60.2 Å². The Morgan fingerprint density at radius 2 is 1.72 bits per heavy atom. The van der Waals surface area contributed by atoms with Gasteiger partial charge in [0.15, 0.2) is 11.5 Å². The number of rotatable bonds is 11. The fourth-order valence-corrected chi connectivity index (χ4v) is 4.74. The molecule has 36 heavy (non-hydrogen) atoms. The van der Waals surface area contributed by atoms with E-state index in [0.717, 1.165) is 18.9 Å². The third kappa shape index (κ3) is 6.97. The van der Waals surface area contributed by atoms with Crippen LogP contribution < -0.4 is 14.4 Å². The van der Waals surface area contributed by atoms with Crippen LogP contribution in [0.2, 0.25) is 5.02 Å². The van der Waals surface area contributed by atoms with E-state index in [4.69, 9.17) is 21.1 Å². The molecular weight excluding hydrogens is 515 g/mol. The maximum atomic E-state index is 13.2. The molecular formula is C26H27ClF3NO4S. The monoisotopic (exact) mass is 541 g/mol. The van der Waals surface area contributed by atoms with Crippen LogP contribution in [0.5, 0.6) is 11.5 Å². The topological polar surface area (TPSA) is 55.8 Å². The summed E-state index contributed by atoms with van der Waals surface area (Å²) >= 11 is 6.30. The molecule has 0 bridgehead atoms. The van der Waals surface area contributed by atoms with Gasteiger partial charge in [-0.15, -0.1) is 0 Å². The number of hydrogen-bond donors (Lipinski definition) is 0. The molecule has 194 valence electrons. The first-order chi connectivity index (χ1) is 17.2. The van der Waals surface area contributed by atoms with Gasteiger partial charge in [-0.1, -0.05) is 56.7 Å². The van der Waals surface area contributed by atoms with Crippen molar-refractivity contribution in [1.29, 1.82) is 0 Å². The Bertz CT molecular complexity index is 1140. The number of alkyl halides is 3. The molecule has 1 fully saturated rings. The Morgan fingerprint density at radius 1 is 1.00 bits per heavy atom. The molecule has 0 N–H and O–H groups in total. The molecule has 0 spiro atoms.